The molecule has 0 aromatic heterocycles. The average Bonchev–Trinajstić information content (AvgIpc) is 2.71. The Kier molecular flexibility index (Phi) is 8.76. The molecule has 0 saturated carbocycles. The molecule has 2 rings (SSSR count). The lowest BCUT2D eigenvalue weighted by Gasteiger charge is -2.13. The third kappa shape index (κ3) is 6.96. The third-order valence-corrected chi connectivity index (χ3v) is 4.20. The van der Waals surface area contributed by atoms with Crippen LogP contribution >= 0.6 is 23.2 Å². The average molecular weight is 438 g/mol. The molecule has 0 spiro atoms. The zero-order valence-corrected chi connectivity index (χ0v) is 17.5. The zero-order valence-electron chi connectivity index (χ0n) is 16.0. The molecule has 0 atom stereocenters. The van der Waals surface area contributed by atoms with Crippen LogP contribution in [0.25, 0.3) is 0 Å². The van der Waals surface area contributed by atoms with Crippen molar-refractivity contribution in [1.29, 1.82) is 0 Å². The summed E-state index contributed by atoms with van der Waals surface area (Å²) in [5, 5.41) is 7.18. The van der Waals surface area contributed by atoms with E-state index in [1.54, 1.807) is 24.3 Å². The van der Waals surface area contributed by atoms with Crippen LogP contribution in [0.4, 0.5) is 0 Å². The Morgan fingerprint density at radius 1 is 1.14 bits per heavy atom. The Bertz CT molecular complexity index is 886. The van der Waals surface area contributed by atoms with Crippen LogP contribution in [-0.4, -0.2) is 31.7 Å². The molecule has 29 heavy (non-hydrogen) atoms. The second-order valence-corrected chi connectivity index (χ2v) is 6.75. The molecule has 9 heteroatoms. The molecule has 2 amide bonds. The number of carbonyl (C=O) groups excluding carboxylic acids is 2. The molecule has 0 aliphatic carbocycles. The number of nitrogens with zero attached hydrogens (tertiary/aromatic N) is 1. The Labute approximate surface area is 179 Å². The normalized spacial score (nSPS) is 10.6. The molecule has 0 fully saturated rings. The molecule has 2 aromatic rings. The molecule has 154 valence electrons. The number of rotatable bonds is 8. The molecule has 0 aliphatic rings. The van der Waals surface area contributed by atoms with E-state index in [1.807, 2.05) is 19.1 Å². The largest absolute Gasteiger partial charge is 0.493 e. The fourth-order valence-corrected chi connectivity index (χ4v) is 2.63. The lowest BCUT2D eigenvalue weighted by molar-refractivity contribution is -0.139. The number of hydrogen-bond donors (Lipinski definition) is 2. The van der Waals surface area contributed by atoms with Crippen molar-refractivity contribution in [3.63, 3.8) is 0 Å². The van der Waals surface area contributed by atoms with E-state index in [4.69, 9.17) is 32.7 Å². The SMILES string of the molecule is CCCNC(=O)C(=O)N/N=C\c1cc(Cl)c(OCc2ccc(Cl)cc2)c(OC)c1. The molecule has 7 nitrogen and oxygen atoms in total. The van der Waals surface area contributed by atoms with E-state index < -0.39 is 11.8 Å². The van der Waals surface area contributed by atoms with Crippen LogP contribution in [0.5, 0.6) is 11.5 Å². The smallest absolute Gasteiger partial charge is 0.329 e. The van der Waals surface area contributed by atoms with E-state index in [-0.39, 0.29) is 6.61 Å². The summed E-state index contributed by atoms with van der Waals surface area (Å²) >= 11 is 12.2. The van der Waals surface area contributed by atoms with Gasteiger partial charge in [0.15, 0.2) is 11.5 Å². The maximum Gasteiger partial charge on any atom is 0.329 e. The van der Waals surface area contributed by atoms with E-state index in [9.17, 15) is 9.59 Å². The van der Waals surface area contributed by atoms with Gasteiger partial charge < -0.3 is 14.8 Å². The lowest BCUT2D eigenvalue weighted by Crippen LogP contribution is -2.38. The number of methoxy groups -OCH3 is 1. The molecule has 0 heterocycles. The molecule has 0 saturated heterocycles. The Hall–Kier alpha value is -2.77. The molecule has 0 unspecified atom stereocenters. The van der Waals surface area contributed by atoms with Crippen molar-refractivity contribution in [2.75, 3.05) is 13.7 Å². The van der Waals surface area contributed by atoms with Crippen molar-refractivity contribution >= 4 is 41.2 Å². The second-order valence-electron chi connectivity index (χ2n) is 5.90. The first-order chi connectivity index (χ1) is 13.9. The van der Waals surface area contributed by atoms with E-state index >= 15 is 0 Å². The highest BCUT2D eigenvalue weighted by Crippen LogP contribution is 2.36. The summed E-state index contributed by atoms with van der Waals surface area (Å²) in [4.78, 5) is 23.1. The number of nitrogens with one attached hydrogen (secondary N) is 2. The van der Waals surface area contributed by atoms with Crippen LogP contribution in [0.3, 0.4) is 0 Å². The molecule has 2 N–H and O–H groups in total. The van der Waals surface area contributed by atoms with Gasteiger partial charge in [-0.2, -0.15) is 5.10 Å². The fraction of sp³-hybridized carbons (Fsp3) is 0.250. The zero-order chi connectivity index (χ0) is 21.2. The van der Waals surface area contributed by atoms with Gasteiger partial charge in [-0.15, -0.1) is 0 Å². The first-order valence-corrected chi connectivity index (χ1v) is 9.56. The lowest BCUT2D eigenvalue weighted by atomic mass is 10.2. The molecule has 0 radical (unpaired) electrons. The molecule has 2 aromatic carbocycles. The number of carbonyl (C=O) groups is 2. The third-order valence-electron chi connectivity index (χ3n) is 3.67. The summed E-state index contributed by atoms with van der Waals surface area (Å²) in [5.41, 5.74) is 3.63. The number of halogens is 2. The van der Waals surface area contributed by atoms with Gasteiger partial charge in [-0.1, -0.05) is 42.3 Å². The van der Waals surface area contributed by atoms with Crippen molar-refractivity contribution in [3.05, 3.63) is 57.6 Å². The van der Waals surface area contributed by atoms with Crippen molar-refractivity contribution in [2.45, 2.75) is 20.0 Å². The highest BCUT2D eigenvalue weighted by Gasteiger charge is 2.13. The summed E-state index contributed by atoms with van der Waals surface area (Å²) in [5.74, 6) is -0.814. The fourth-order valence-electron chi connectivity index (χ4n) is 2.23. The van der Waals surface area contributed by atoms with Crippen LogP contribution < -0.4 is 20.2 Å². The van der Waals surface area contributed by atoms with Crippen LogP contribution in [0.1, 0.15) is 24.5 Å². The highest BCUT2D eigenvalue weighted by molar-refractivity contribution is 6.35. The van der Waals surface area contributed by atoms with Gasteiger partial charge in [0.1, 0.15) is 6.61 Å². The van der Waals surface area contributed by atoms with Crippen LogP contribution in [0.2, 0.25) is 10.0 Å². The number of amides is 2. The number of hydrogen-bond acceptors (Lipinski definition) is 5. The van der Waals surface area contributed by atoms with Crippen LogP contribution in [0.15, 0.2) is 41.5 Å². The summed E-state index contributed by atoms with van der Waals surface area (Å²) in [6, 6.07) is 10.5. The van der Waals surface area contributed by atoms with Gasteiger partial charge >= 0.3 is 11.8 Å². The highest BCUT2D eigenvalue weighted by atomic mass is 35.5. The topological polar surface area (TPSA) is 89.0 Å². The number of ether oxygens (including phenoxy) is 2. The van der Waals surface area contributed by atoms with E-state index in [0.29, 0.717) is 33.7 Å². The Morgan fingerprint density at radius 3 is 2.52 bits per heavy atom. The summed E-state index contributed by atoms with van der Waals surface area (Å²) in [6.07, 6.45) is 2.08. The van der Waals surface area contributed by atoms with Gasteiger partial charge in [-0.3, -0.25) is 9.59 Å². The maximum atomic E-state index is 11.6. The van der Waals surface area contributed by atoms with E-state index in [1.165, 1.54) is 13.3 Å². The van der Waals surface area contributed by atoms with E-state index in [2.05, 4.69) is 15.8 Å². The monoisotopic (exact) mass is 437 g/mol. The summed E-state index contributed by atoms with van der Waals surface area (Å²) in [6.45, 7) is 2.58. The van der Waals surface area contributed by atoms with Gasteiger partial charge in [0.2, 0.25) is 0 Å². The predicted octanol–water partition coefficient (Wildman–Crippen LogP) is 3.56. The minimum atomic E-state index is -0.851. The predicted molar refractivity (Wildman–Crippen MR) is 113 cm³/mol. The number of hydrazone groups is 1. The van der Waals surface area contributed by atoms with Gasteiger partial charge in [0, 0.05) is 11.6 Å². The van der Waals surface area contributed by atoms with Crippen molar-refractivity contribution in [2.24, 2.45) is 5.10 Å². The first kappa shape index (κ1) is 22.5. The minimum absolute atomic E-state index is 0.281. The first-order valence-electron chi connectivity index (χ1n) is 8.80. The van der Waals surface area contributed by atoms with Gasteiger partial charge in [0.05, 0.1) is 18.3 Å². The van der Waals surface area contributed by atoms with Gasteiger partial charge in [0.25, 0.3) is 0 Å². The summed E-state index contributed by atoms with van der Waals surface area (Å²) < 4.78 is 11.1. The quantitative estimate of drug-likeness (QED) is 0.375. The molecule has 0 aliphatic heterocycles. The summed E-state index contributed by atoms with van der Waals surface area (Å²) in [7, 11) is 1.49. The molecular weight excluding hydrogens is 417 g/mol. The molecule has 0 bridgehead atoms. The van der Waals surface area contributed by atoms with Gasteiger partial charge in [-0.25, -0.2) is 5.43 Å². The van der Waals surface area contributed by atoms with Gasteiger partial charge in [-0.05, 0) is 41.8 Å². The standard InChI is InChI=1S/C20H21Cl2N3O4/c1-3-8-23-19(26)20(27)25-24-11-14-9-16(22)18(17(10-14)28-2)29-12-13-4-6-15(21)7-5-13/h4-7,9-11H,3,8,12H2,1-2H3,(H,23,26)(H,25,27)/b24-11-. The number of benzene rings is 2. The molecular formula is C20H21Cl2N3O4. The second kappa shape index (κ2) is 11.3. The van der Waals surface area contributed by atoms with Crippen LogP contribution in [-0.2, 0) is 16.2 Å². The van der Waals surface area contributed by atoms with Crippen molar-refractivity contribution in [1.82, 2.24) is 10.7 Å². The maximum absolute atomic E-state index is 11.6. The van der Waals surface area contributed by atoms with E-state index in [0.717, 1.165) is 12.0 Å². The van der Waals surface area contributed by atoms with Crippen molar-refractivity contribution < 1.29 is 19.1 Å². The van der Waals surface area contributed by atoms with Crippen molar-refractivity contribution in [3.8, 4) is 11.5 Å². The Morgan fingerprint density at radius 2 is 1.86 bits per heavy atom. The Balaban J connectivity index is 2.04. The minimum Gasteiger partial charge on any atom is -0.493 e. The van der Waals surface area contributed by atoms with Crippen LogP contribution in [0, 0.1) is 0 Å².